The van der Waals surface area contributed by atoms with Gasteiger partial charge in [-0.1, -0.05) is 35.9 Å². The number of methoxy groups -OCH3 is 1. The van der Waals surface area contributed by atoms with Gasteiger partial charge in [-0.05, 0) is 30.7 Å². The Labute approximate surface area is 133 Å². The Balaban J connectivity index is 1.87. The fourth-order valence-corrected chi connectivity index (χ4v) is 3.75. The molecule has 1 heterocycles. The van der Waals surface area contributed by atoms with E-state index in [1.165, 1.54) is 10.3 Å². The molecule has 3 rings (SSSR count). The van der Waals surface area contributed by atoms with Crippen LogP contribution in [0, 0.1) is 6.92 Å². The number of aryl methyl sites for hydroxylation is 1. The number of hydrogen-bond acceptors (Lipinski definition) is 3. The molecule has 2 nitrogen and oxygen atoms in total. The van der Waals surface area contributed by atoms with Gasteiger partial charge < -0.3 is 10.1 Å². The van der Waals surface area contributed by atoms with E-state index >= 15 is 0 Å². The van der Waals surface area contributed by atoms with Gasteiger partial charge in [0.1, 0.15) is 5.75 Å². The Hall–Kier alpha value is -1.71. The number of hydrogen-bond donors (Lipinski definition) is 1. The SMILES string of the molecule is COc1ccc(C)cc1NCc1sc2ccccc2c1Cl. The maximum Gasteiger partial charge on any atom is 0.141 e. The quantitative estimate of drug-likeness (QED) is 0.687. The second-order valence-electron chi connectivity index (χ2n) is 4.89. The summed E-state index contributed by atoms with van der Waals surface area (Å²) in [5.74, 6) is 0.845. The molecule has 0 bridgehead atoms. The first-order chi connectivity index (χ1) is 10.2. The zero-order chi connectivity index (χ0) is 14.8. The molecule has 0 saturated heterocycles. The van der Waals surface area contributed by atoms with Crippen LogP contribution in [0.3, 0.4) is 0 Å². The van der Waals surface area contributed by atoms with Gasteiger partial charge in [0.2, 0.25) is 0 Å². The van der Waals surface area contributed by atoms with E-state index in [1.807, 2.05) is 24.3 Å². The molecule has 1 N–H and O–H groups in total. The van der Waals surface area contributed by atoms with Gasteiger partial charge in [0.15, 0.2) is 0 Å². The number of halogens is 1. The molecule has 3 aromatic rings. The number of rotatable bonds is 4. The van der Waals surface area contributed by atoms with E-state index in [0.717, 1.165) is 26.7 Å². The Morgan fingerprint density at radius 3 is 2.76 bits per heavy atom. The highest BCUT2D eigenvalue weighted by Gasteiger charge is 2.10. The summed E-state index contributed by atoms with van der Waals surface area (Å²) in [4.78, 5) is 1.14. The van der Waals surface area contributed by atoms with Crippen LogP contribution in [0.4, 0.5) is 5.69 Å². The molecule has 0 spiro atoms. The summed E-state index contributed by atoms with van der Waals surface area (Å²) in [6.45, 7) is 2.76. The summed E-state index contributed by atoms with van der Waals surface area (Å²) in [6.07, 6.45) is 0. The van der Waals surface area contributed by atoms with Gasteiger partial charge in [0.05, 0.1) is 24.4 Å². The standard InChI is InChI=1S/C17H16ClNOS/c1-11-7-8-14(20-2)13(9-11)19-10-16-17(18)12-5-3-4-6-15(12)21-16/h3-9,19H,10H2,1-2H3. The van der Waals surface area contributed by atoms with Crippen LogP contribution in [0.5, 0.6) is 5.75 Å². The lowest BCUT2D eigenvalue weighted by Gasteiger charge is -2.11. The van der Waals surface area contributed by atoms with E-state index in [1.54, 1.807) is 18.4 Å². The zero-order valence-electron chi connectivity index (χ0n) is 11.9. The third kappa shape index (κ3) is 2.85. The Kier molecular flexibility index (Phi) is 4.04. The number of nitrogens with one attached hydrogen (secondary N) is 1. The van der Waals surface area contributed by atoms with Crippen molar-refractivity contribution >= 4 is 38.7 Å². The molecule has 0 atom stereocenters. The van der Waals surface area contributed by atoms with Crippen molar-refractivity contribution in [2.24, 2.45) is 0 Å². The summed E-state index contributed by atoms with van der Waals surface area (Å²) in [5.41, 5.74) is 2.19. The van der Waals surface area contributed by atoms with Gasteiger partial charge in [-0.15, -0.1) is 11.3 Å². The second kappa shape index (κ2) is 5.96. The van der Waals surface area contributed by atoms with E-state index in [2.05, 4.69) is 30.4 Å². The van der Waals surface area contributed by atoms with Crippen LogP contribution < -0.4 is 10.1 Å². The monoisotopic (exact) mass is 317 g/mol. The molecule has 0 aliphatic heterocycles. The van der Waals surface area contributed by atoms with Gasteiger partial charge >= 0.3 is 0 Å². The maximum atomic E-state index is 6.47. The average Bonchev–Trinajstić information content (AvgIpc) is 2.82. The molecule has 4 heteroatoms. The lowest BCUT2D eigenvalue weighted by Crippen LogP contribution is -2.00. The van der Waals surface area contributed by atoms with Gasteiger partial charge in [-0.2, -0.15) is 0 Å². The predicted molar refractivity (Wildman–Crippen MR) is 91.9 cm³/mol. The van der Waals surface area contributed by atoms with Crippen molar-refractivity contribution in [1.29, 1.82) is 0 Å². The Bertz CT molecular complexity index is 782. The molecule has 21 heavy (non-hydrogen) atoms. The molecule has 108 valence electrons. The first-order valence-electron chi connectivity index (χ1n) is 6.73. The van der Waals surface area contributed by atoms with Crippen LogP contribution in [0.15, 0.2) is 42.5 Å². The molecule has 0 aliphatic rings. The molecular formula is C17H16ClNOS. The first-order valence-corrected chi connectivity index (χ1v) is 7.93. The number of thiophene rings is 1. The number of benzene rings is 2. The van der Waals surface area contributed by atoms with E-state index in [4.69, 9.17) is 16.3 Å². The average molecular weight is 318 g/mol. The van der Waals surface area contributed by atoms with Crippen molar-refractivity contribution in [1.82, 2.24) is 0 Å². The van der Waals surface area contributed by atoms with Gasteiger partial charge in [-0.25, -0.2) is 0 Å². The number of anilines is 1. The Morgan fingerprint density at radius 1 is 1.19 bits per heavy atom. The van der Waals surface area contributed by atoms with Crippen molar-refractivity contribution in [2.75, 3.05) is 12.4 Å². The summed E-state index contributed by atoms with van der Waals surface area (Å²) in [7, 11) is 1.68. The molecule has 0 saturated carbocycles. The third-order valence-electron chi connectivity index (χ3n) is 3.40. The first kappa shape index (κ1) is 14.2. The van der Waals surface area contributed by atoms with Crippen molar-refractivity contribution < 1.29 is 4.74 Å². The van der Waals surface area contributed by atoms with Crippen molar-refractivity contribution in [3.8, 4) is 5.75 Å². The molecule has 0 unspecified atom stereocenters. The second-order valence-corrected chi connectivity index (χ2v) is 6.41. The van der Waals surface area contributed by atoms with Gasteiger partial charge in [-0.3, -0.25) is 0 Å². The molecule has 2 aromatic carbocycles. The van der Waals surface area contributed by atoms with Crippen LogP contribution in [0.1, 0.15) is 10.4 Å². The van der Waals surface area contributed by atoms with Gasteiger partial charge in [0.25, 0.3) is 0 Å². The fourth-order valence-electron chi connectivity index (χ4n) is 2.31. The normalized spacial score (nSPS) is 10.8. The Morgan fingerprint density at radius 2 is 2.00 bits per heavy atom. The number of fused-ring (bicyclic) bond motifs is 1. The molecule has 0 radical (unpaired) electrons. The third-order valence-corrected chi connectivity index (χ3v) is 5.11. The summed E-state index contributed by atoms with van der Waals surface area (Å²) >= 11 is 8.19. The highest BCUT2D eigenvalue weighted by Crippen LogP contribution is 2.36. The van der Waals surface area contributed by atoms with Crippen LogP contribution in [0.25, 0.3) is 10.1 Å². The predicted octanol–water partition coefficient (Wildman–Crippen LogP) is 5.48. The minimum Gasteiger partial charge on any atom is -0.495 e. The fraction of sp³-hybridized carbons (Fsp3) is 0.176. The zero-order valence-corrected chi connectivity index (χ0v) is 13.5. The lowest BCUT2D eigenvalue weighted by molar-refractivity contribution is 0.416. The smallest absolute Gasteiger partial charge is 0.141 e. The largest absolute Gasteiger partial charge is 0.495 e. The molecule has 0 fully saturated rings. The minimum absolute atomic E-state index is 0.692. The lowest BCUT2D eigenvalue weighted by atomic mass is 10.2. The maximum absolute atomic E-state index is 6.47. The highest BCUT2D eigenvalue weighted by atomic mass is 35.5. The van der Waals surface area contributed by atoms with Crippen molar-refractivity contribution in [2.45, 2.75) is 13.5 Å². The molecule has 1 aromatic heterocycles. The topological polar surface area (TPSA) is 21.3 Å². The molecule has 0 aliphatic carbocycles. The van der Waals surface area contributed by atoms with Crippen molar-refractivity contribution in [3.63, 3.8) is 0 Å². The minimum atomic E-state index is 0.692. The highest BCUT2D eigenvalue weighted by molar-refractivity contribution is 7.19. The molecule has 0 amide bonds. The van der Waals surface area contributed by atoms with Crippen LogP contribution >= 0.6 is 22.9 Å². The van der Waals surface area contributed by atoms with E-state index in [-0.39, 0.29) is 0 Å². The summed E-state index contributed by atoms with van der Waals surface area (Å²) in [5, 5.41) is 5.39. The molecular weight excluding hydrogens is 302 g/mol. The summed E-state index contributed by atoms with van der Waals surface area (Å²) < 4.78 is 6.60. The van der Waals surface area contributed by atoms with Crippen LogP contribution in [-0.4, -0.2) is 7.11 Å². The van der Waals surface area contributed by atoms with Gasteiger partial charge in [0, 0.05) is 15.0 Å². The van der Waals surface area contributed by atoms with Crippen LogP contribution in [0.2, 0.25) is 5.02 Å². The summed E-state index contributed by atoms with van der Waals surface area (Å²) in [6, 6.07) is 14.3. The van der Waals surface area contributed by atoms with Crippen molar-refractivity contribution in [3.05, 3.63) is 57.9 Å². The van der Waals surface area contributed by atoms with E-state index < -0.39 is 0 Å². The number of ether oxygens (including phenoxy) is 1. The van der Waals surface area contributed by atoms with E-state index in [0.29, 0.717) is 6.54 Å². The van der Waals surface area contributed by atoms with Crippen LogP contribution in [-0.2, 0) is 6.54 Å². The van der Waals surface area contributed by atoms with E-state index in [9.17, 15) is 0 Å².